The van der Waals surface area contributed by atoms with Gasteiger partial charge in [0.25, 0.3) is 0 Å². The van der Waals surface area contributed by atoms with Gasteiger partial charge in [-0.3, -0.25) is 0 Å². The molecule has 0 radical (unpaired) electrons. The van der Waals surface area contributed by atoms with E-state index in [0.29, 0.717) is 0 Å². The Morgan fingerprint density at radius 1 is 1.12 bits per heavy atom. The van der Waals surface area contributed by atoms with Gasteiger partial charge in [-0.05, 0) is 51.8 Å². The normalized spacial score (nSPS) is 12.9. The summed E-state index contributed by atoms with van der Waals surface area (Å²) in [4.78, 5) is 9.44. The molecule has 2 rings (SSSR count). The zero-order valence-electron chi connectivity index (χ0n) is 11.3. The topological polar surface area (TPSA) is 29.1 Å². The van der Waals surface area contributed by atoms with Gasteiger partial charge in [-0.1, -0.05) is 37.3 Å². The average Bonchev–Trinajstić information content (AvgIpc) is 2.88. The summed E-state index contributed by atoms with van der Waals surface area (Å²) >= 11 is 0. The number of nitrogens with one attached hydrogen (secondary N) is 1. The van der Waals surface area contributed by atoms with Gasteiger partial charge in [0.2, 0.25) is 0 Å². The molecule has 0 atom stereocenters. The van der Waals surface area contributed by atoms with E-state index in [-0.39, 0.29) is 5.78 Å². The number of carbonyl (C=O) groups excluding carboxylic acids is 1. The molecular weight excluding hydrogens is 210 g/mol. The first kappa shape index (κ1) is 15.9. The fourth-order valence-corrected chi connectivity index (χ4v) is 1.34. The Morgan fingerprint density at radius 3 is 1.82 bits per heavy atom. The molecule has 0 aromatic heterocycles. The Bertz CT molecular complexity index is 267. The minimum absolute atomic E-state index is 0.167. The Morgan fingerprint density at radius 2 is 1.59 bits per heavy atom. The molecule has 0 bridgehead atoms. The molecule has 0 aliphatic carbocycles. The summed E-state index contributed by atoms with van der Waals surface area (Å²) < 4.78 is 0. The molecule has 1 aliphatic heterocycles. The van der Waals surface area contributed by atoms with E-state index in [2.05, 4.69) is 36.5 Å². The molecule has 0 saturated carbocycles. The predicted octanol–water partition coefficient (Wildman–Crippen LogP) is 3.21. The second-order valence-electron chi connectivity index (χ2n) is 4.20. The summed E-state index contributed by atoms with van der Waals surface area (Å²) in [6, 6.07) is 10.5. The van der Waals surface area contributed by atoms with Crippen molar-refractivity contribution in [1.29, 1.82) is 0 Å². The zero-order valence-corrected chi connectivity index (χ0v) is 11.3. The van der Waals surface area contributed by atoms with Crippen molar-refractivity contribution < 1.29 is 4.79 Å². The van der Waals surface area contributed by atoms with Crippen molar-refractivity contribution in [2.24, 2.45) is 0 Å². The van der Waals surface area contributed by atoms with E-state index in [9.17, 15) is 4.79 Å². The number of Topliss-reactive ketones (excluding diaryl/α,β-unsaturated/α-hetero) is 1. The van der Waals surface area contributed by atoms with Crippen molar-refractivity contribution in [2.75, 3.05) is 13.1 Å². The minimum atomic E-state index is 0.167. The van der Waals surface area contributed by atoms with Crippen molar-refractivity contribution in [3.63, 3.8) is 0 Å². The average molecular weight is 235 g/mol. The Balaban J connectivity index is 0.000000246. The van der Waals surface area contributed by atoms with Gasteiger partial charge < -0.3 is 10.1 Å². The van der Waals surface area contributed by atoms with Crippen LogP contribution in [0.4, 0.5) is 0 Å². The molecular formula is C15H25NO. The first-order valence-electron chi connectivity index (χ1n) is 6.38. The fraction of sp³-hybridized carbons (Fsp3) is 0.533. The van der Waals surface area contributed by atoms with Crippen LogP contribution in [0.15, 0.2) is 30.3 Å². The smallest absolute Gasteiger partial charge is 0.126 e. The summed E-state index contributed by atoms with van der Waals surface area (Å²) in [5.74, 6) is 0.167. The quantitative estimate of drug-likeness (QED) is 0.810. The van der Waals surface area contributed by atoms with Crippen molar-refractivity contribution >= 4 is 5.78 Å². The Hall–Kier alpha value is -1.15. The van der Waals surface area contributed by atoms with Crippen LogP contribution in [0.2, 0.25) is 0 Å². The van der Waals surface area contributed by atoms with Gasteiger partial charge in [-0.15, -0.1) is 0 Å². The van der Waals surface area contributed by atoms with Gasteiger partial charge in [0, 0.05) is 0 Å². The number of benzene rings is 1. The number of carbonyl (C=O) groups is 1. The number of ketones is 1. The van der Waals surface area contributed by atoms with Gasteiger partial charge in [0.1, 0.15) is 5.78 Å². The van der Waals surface area contributed by atoms with Crippen LogP contribution in [0.25, 0.3) is 0 Å². The minimum Gasteiger partial charge on any atom is -0.317 e. The first-order valence-corrected chi connectivity index (χ1v) is 6.38. The van der Waals surface area contributed by atoms with E-state index in [4.69, 9.17) is 0 Å². The van der Waals surface area contributed by atoms with Gasteiger partial charge in [0.05, 0.1) is 0 Å². The molecule has 0 amide bonds. The van der Waals surface area contributed by atoms with Gasteiger partial charge >= 0.3 is 0 Å². The molecule has 17 heavy (non-hydrogen) atoms. The highest BCUT2D eigenvalue weighted by atomic mass is 16.1. The van der Waals surface area contributed by atoms with Gasteiger partial charge in [0.15, 0.2) is 0 Å². The Labute approximate surface area is 105 Å². The third-order valence-electron chi connectivity index (χ3n) is 2.21. The Kier molecular flexibility index (Phi) is 10.6. The highest BCUT2D eigenvalue weighted by molar-refractivity contribution is 5.72. The van der Waals surface area contributed by atoms with Crippen LogP contribution in [0.5, 0.6) is 0 Å². The molecule has 0 spiro atoms. The fourth-order valence-electron chi connectivity index (χ4n) is 1.34. The van der Waals surface area contributed by atoms with Gasteiger partial charge in [-0.2, -0.15) is 0 Å². The number of hydrogen-bond acceptors (Lipinski definition) is 2. The highest BCUT2D eigenvalue weighted by Crippen LogP contribution is 1.96. The molecule has 0 unspecified atom stereocenters. The molecule has 1 aromatic rings. The SMILES string of the molecule is C1CCNC1.CC(C)=O.CCc1ccccc1. The summed E-state index contributed by atoms with van der Waals surface area (Å²) in [5.41, 5.74) is 1.41. The van der Waals surface area contributed by atoms with E-state index >= 15 is 0 Å². The number of aryl methyl sites for hydroxylation is 1. The molecule has 2 nitrogen and oxygen atoms in total. The monoisotopic (exact) mass is 235 g/mol. The molecule has 2 heteroatoms. The van der Waals surface area contributed by atoms with Crippen LogP contribution in [-0.2, 0) is 11.2 Å². The lowest BCUT2D eigenvalue weighted by Crippen LogP contribution is -2.03. The maximum atomic E-state index is 9.44. The van der Waals surface area contributed by atoms with E-state index in [1.165, 1.54) is 45.3 Å². The van der Waals surface area contributed by atoms with E-state index < -0.39 is 0 Å². The second kappa shape index (κ2) is 11.3. The molecule has 1 aromatic carbocycles. The molecule has 1 aliphatic rings. The second-order valence-corrected chi connectivity index (χ2v) is 4.20. The highest BCUT2D eigenvalue weighted by Gasteiger charge is 1.93. The van der Waals surface area contributed by atoms with Crippen LogP contribution < -0.4 is 5.32 Å². The molecule has 1 N–H and O–H groups in total. The lowest BCUT2D eigenvalue weighted by Gasteiger charge is -1.89. The number of hydrogen-bond donors (Lipinski definition) is 1. The third-order valence-corrected chi connectivity index (χ3v) is 2.21. The summed E-state index contributed by atoms with van der Waals surface area (Å²) in [5, 5.41) is 3.22. The van der Waals surface area contributed by atoms with Crippen molar-refractivity contribution in [3.05, 3.63) is 35.9 Å². The van der Waals surface area contributed by atoms with Crippen LogP contribution in [-0.4, -0.2) is 18.9 Å². The summed E-state index contributed by atoms with van der Waals surface area (Å²) in [6.45, 7) is 7.72. The van der Waals surface area contributed by atoms with Crippen LogP contribution in [0, 0.1) is 0 Å². The van der Waals surface area contributed by atoms with E-state index in [1.54, 1.807) is 0 Å². The van der Waals surface area contributed by atoms with Gasteiger partial charge in [-0.25, -0.2) is 0 Å². The lowest BCUT2D eigenvalue weighted by atomic mass is 10.2. The van der Waals surface area contributed by atoms with Crippen molar-refractivity contribution in [3.8, 4) is 0 Å². The van der Waals surface area contributed by atoms with Crippen LogP contribution in [0.3, 0.4) is 0 Å². The summed E-state index contributed by atoms with van der Waals surface area (Å²) in [7, 11) is 0. The van der Waals surface area contributed by atoms with E-state index in [1.807, 2.05) is 6.07 Å². The molecule has 1 saturated heterocycles. The van der Waals surface area contributed by atoms with Crippen molar-refractivity contribution in [1.82, 2.24) is 5.32 Å². The predicted molar refractivity (Wildman–Crippen MR) is 74.3 cm³/mol. The lowest BCUT2D eigenvalue weighted by molar-refractivity contribution is -0.114. The molecule has 96 valence electrons. The first-order chi connectivity index (χ1) is 8.16. The number of rotatable bonds is 1. The zero-order chi connectivity index (χ0) is 12.9. The molecule has 1 fully saturated rings. The third kappa shape index (κ3) is 12.8. The van der Waals surface area contributed by atoms with Crippen molar-refractivity contribution in [2.45, 2.75) is 40.0 Å². The van der Waals surface area contributed by atoms with Crippen LogP contribution in [0.1, 0.15) is 39.2 Å². The van der Waals surface area contributed by atoms with E-state index in [0.717, 1.165) is 6.42 Å². The largest absolute Gasteiger partial charge is 0.317 e. The molecule has 1 heterocycles. The maximum absolute atomic E-state index is 9.44. The summed E-state index contributed by atoms with van der Waals surface area (Å²) in [6.07, 6.45) is 3.92. The maximum Gasteiger partial charge on any atom is 0.126 e. The van der Waals surface area contributed by atoms with Crippen LogP contribution >= 0.6 is 0 Å². The standard InChI is InChI=1S/C8H10.C4H9N.C3H6O/c1-2-8-6-4-3-5-7-8;1-2-4-5-3-1;1-3(2)4/h3-7H,2H2,1H3;5H,1-4H2;1-2H3.